The van der Waals surface area contributed by atoms with E-state index in [0.29, 0.717) is 23.0 Å². The van der Waals surface area contributed by atoms with Crippen molar-refractivity contribution in [2.24, 2.45) is 0 Å². The Kier molecular flexibility index (Phi) is 2.85. The van der Waals surface area contributed by atoms with Gasteiger partial charge >= 0.3 is 0 Å². The molecule has 0 radical (unpaired) electrons. The number of aromatic nitrogens is 2. The van der Waals surface area contributed by atoms with Crippen molar-refractivity contribution < 1.29 is 14.2 Å². The summed E-state index contributed by atoms with van der Waals surface area (Å²) in [7, 11) is 0. The minimum absolute atomic E-state index is 0.136. The fraction of sp³-hybridized carbons (Fsp3) is 0.0909. The first-order chi connectivity index (χ1) is 8.72. The van der Waals surface area contributed by atoms with E-state index in [4.69, 9.17) is 37.4 Å². The first-order valence-corrected chi connectivity index (χ1v) is 5.74. The number of ether oxygens (including phenoxy) is 3. The van der Waals surface area contributed by atoms with Crippen LogP contribution in [-0.2, 0) is 0 Å². The molecule has 2 aromatic rings. The summed E-state index contributed by atoms with van der Waals surface area (Å²) in [6.07, 6.45) is 0. The third-order valence-corrected chi connectivity index (χ3v) is 2.71. The predicted octanol–water partition coefficient (Wildman–Crippen LogP) is 3.30. The van der Waals surface area contributed by atoms with Gasteiger partial charge in [-0.3, -0.25) is 0 Å². The number of fused-ring (bicyclic) bond motifs is 1. The molecule has 0 saturated heterocycles. The molecule has 1 aliphatic rings. The molecular formula is C11H6Cl2N2O3. The summed E-state index contributed by atoms with van der Waals surface area (Å²) in [5.74, 6) is 2.18. The standard InChI is InChI=1S/C11H6Cl2N2O3/c12-10-4-9(11(13)15-14-10)18-6-1-2-7-8(3-6)17-5-16-7/h1-4H,5H2. The molecule has 1 aliphatic heterocycles. The van der Waals surface area contributed by atoms with Crippen LogP contribution < -0.4 is 14.2 Å². The van der Waals surface area contributed by atoms with Gasteiger partial charge in [-0.25, -0.2) is 0 Å². The molecule has 7 heteroatoms. The van der Waals surface area contributed by atoms with Gasteiger partial charge in [0.1, 0.15) is 5.75 Å². The van der Waals surface area contributed by atoms with Crippen LogP contribution in [0.1, 0.15) is 0 Å². The highest BCUT2D eigenvalue weighted by molar-refractivity contribution is 6.32. The molecule has 0 unspecified atom stereocenters. The maximum Gasteiger partial charge on any atom is 0.231 e. The molecule has 0 atom stereocenters. The smallest absolute Gasteiger partial charge is 0.231 e. The fourth-order valence-corrected chi connectivity index (χ4v) is 1.74. The van der Waals surface area contributed by atoms with Gasteiger partial charge in [-0.15, -0.1) is 10.2 Å². The van der Waals surface area contributed by atoms with Crippen molar-refractivity contribution >= 4 is 23.2 Å². The van der Waals surface area contributed by atoms with Crippen molar-refractivity contribution in [2.45, 2.75) is 0 Å². The third-order valence-electron chi connectivity index (χ3n) is 2.26. The summed E-state index contributed by atoms with van der Waals surface area (Å²) in [4.78, 5) is 0. The van der Waals surface area contributed by atoms with Crippen LogP contribution in [0.4, 0.5) is 0 Å². The average Bonchev–Trinajstić information content (AvgIpc) is 2.81. The Morgan fingerprint density at radius 2 is 1.89 bits per heavy atom. The minimum Gasteiger partial charge on any atom is -0.454 e. The molecule has 0 N–H and O–H groups in total. The van der Waals surface area contributed by atoms with E-state index in [-0.39, 0.29) is 17.1 Å². The highest BCUT2D eigenvalue weighted by Crippen LogP contribution is 2.37. The summed E-state index contributed by atoms with van der Waals surface area (Å²) >= 11 is 11.6. The van der Waals surface area contributed by atoms with Crippen LogP contribution in [0.25, 0.3) is 0 Å². The van der Waals surface area contributed by atoms with E-state index in [2.05, 4.69) is 10.2 Å². The van der Waals surface area contributed by atoms with Gasteiger partial charge in [0, 0.05) is 12.1 Å². The Labute approximate surface area is 112 Å². The summed E-state index contributed by atoms with van der Waals surface area (Å²) in [6, 6.07) is 6.68. The van der Waals surface area contributed by atoms with Crippen LogP contribution in [0.3, 0.4) is 0 Å². The van der Waals surface area contributed by atoms with Crippen molar-refractivity contribution in [3.8, 4) is 23.0 Å². The molecule has 1 aromatic heterocycles. The second-order valence-electron chi connectivity index (χ2n) is 3.44. The van der Waals surface area contributed by atoms with Gasteiger partial charge in [0.15, 0.2) is 27.6 Å². The molecule has 1 aromatic carbocycles. The van der Waals surface area contributed by atoms with Crippen LogP contribution in [-0.4, -0.2) is 17.0 Å². The van der Waals surface area contributed by atoms with Gasteiger partial charge in [0.25, 0.3) is 0 Å². The molecule has 0 spiro atoms. The normalized spacial score (nSPS) is 12.6. The van der Waals surface area contributed by atoms with Crippen molar-refractivity contribution in [1.29, 1.82) is 0 Å². The molecule has 92 valence electrons. The Bertz CT molecular complexity index is 607. The quantitative estimate of drug-likeness (QED) is 0.847. The van der Waals surface area contributed by atoms with E-state index in [1.807, 2.05) is 0 Å². The summed E-state index contributed by atoms with van der Waals surface area (Å²) in [5.41, 5.74) is 0. The van der Waals surface area contributed by atoms with Crippen molar-refractivity contribution in [2.75, 3.05) is 6.79 Å². The zero-order valence-corrected chi connectivity index (χ0v) is 10.4. The molecule has 0 saturated carbocycles. The van der Waals surface area contributed by atoms with Gasteiger partial charge in [0.2, 0.25) is 6.79 Å². The summed E-state index contributed by atoms with van der Waals surface area (Å²) in [6.45, 7) is 0.210. The number of nitrogens with zero attached hydrogens (tertiary/aromatic N) is 2. The Balaban J connectivity index is 1.90. The number of halogens is 2. The lowest BCUT2D eigenvalue weighted by Crippen LogP contribution is -1.93. The molecule has 5 nitrogen and oxygen atoms in total. The van der Waals surface area contributed by atoms with E-state index in [1.54, 1.807) is 18.2 Å². The van der Waals surface area contributed by atoms with Gasteiger partial charge in [-0.2, -0.15) is 0 Å². The lowest BCUT2D eigenvalue weighted by Gasteiger charge is -2.07. The van der Waals surface area contributed by atoms with Gasteiger partial charge < -0.3 is 14.2 Å². The van der Waals surface area contributed by atoms with E-state index >= 15 is 0 Å². The van der Waals surface area contributed by atoms with E-state index in [9.17, 15) is 0 Å². The van der Waals surface area contributed by atoms with Crippen molar-refractivity contribution in [1.82, 2.24) is 10.2 Å². The van der Waals surface area contributed by atoms with Crippen LogP contribution in [0.5, 0.6) is 23.0 Å². The maximum atomic E-state index is 5.85. The van der Waals surface area contributed by atoms with Crippen LogP contribution in [0.2, 0.25) is 10.3 Å². The molecular weight excluding hydrogens is 279 g/mol. The van der Waals surface area contributed by atoms with Crippen molar-refractivity contribution in [3.63, 3.8) is 0 Å². The first kappa shape index (κ1) is 11.4. The lowest BCUT2D eigenvalue weighted by atomic mass is 10.3. The fourth-order valence-electron chi connectivity index (χ4n) is 1.48. The van der Waals surface area contributed by atoms with Crippen LogP contribution >= 0.6 is 23.2 Å². The SMILES string of the molecule is Clc1cc(Oc2ccc3c(c2)OCO3)c(Cl)nn1. The van der Waals surface area contributed by atoms with E-state index in [1.165, 1.54) is 6.07 Å². The van der Waals surface area contributed by atoms with E-state index < -0.39 is 0 Å². The third kappa shape index (κ3) is 2.14. The van der Waals surface area contributed by atoms with Gasteiger partial charge in [-0.1, -0.05) is 23.2 Å². The predicted molar refractivity (Wildman–Crippen MR) is 64.7 cm³/mol. The Morgan fingerprint density at radius 3 is 2.78 bits per heavy atom. The number of rotatable bonds is 2. The Hall–Kier alpha value is -1.72. The van der Waals surface area contributed by atoms with Gasteiger partial charge in [-0.05, 0) is 12.1 Å². The summed E-state index contributed by atoms with van der Waals surface area (Å²) < 4.78 is 16.0. The molecule has 2 heterocycles. The lowest BCUT2D eigenvalue weighted by molar-refractivity contribution is 0.174. The first-order valence-electron chi connectivity index (χ1n) is 4.98. The monoisotopic (exact) mass is 284 g/mol. The van der Waals surface area contributed by atoms with Crippen molar-refractivity contribution in [3.05, 3.63) is 34.6 Å². The molecule has 18 heavy (non-hydrogen) atoms. The van der Waals surface area contributed by atoms with Crippen LogP contribution in [0.15, 0.2) is 24.3 Å². The molecule has 0 amide bonds. The van der Waals surface area contributed by atoms with Crippen LogP contribution in [0, 0.1) is 0 Å². The molecule has 0 aliphatic carbocycles. The molecule has 0 bridgehead atoms. The van der Waals surface area contributed by atoms with Gasteiger partial charge in [0.05, 0.1) is 0 Å². The molecule has 3 rings (SSSR count). The number of hydrogen-bond donors (Lipinski definition) is 0. The Morgan fingerprint density at radius 1 is 1.06 bits per heavy atom. The molecule has 0 fully saturated rings. The zero-order valence-electron chi connectivity index (χ0n) is 8.89. The maximum absolute atomic E-state index is 5.85. The average molecular weight is 285 g/mol. The topological polar surface area (TPSA) is 53.5 Å². The minimum atomic E-state index is 0.136. The van der Waals surface area contributed by atoms with E-state index in [0.717, 1.165) is 0 Å². The second-order valence-corrected chi connectivity index (χ2v) is 4.18. The second kappa shape index (κ2) is 4.51. The highest BCUT2D eigenvalue weighted by atomic mass is 35.5. The zero-order chi connectivity index (χ0) is 12.5. The number of hydrogen-bond acceptors (Lipinski definition) is 5. The highest BCUT2D eigenvalue weighted by Gasteiger charge is 2.15. The number of benzene rings is 1. The largest absolute Gasteiger partial charge is 0.454 e. The summed E-state index contributed by atoms with van der Waals surface area (Å²) in [5, 5.41) is 7.59.